The second-order valence-corrected chi connectivity index (χ2v) is 10.9. The largest absolute Gasteiger partial charge is 0.399 e. The van der Waals surface area contributed by atoms with E-state index in [9.17, 15) is 25.9 Å². The van der Waals surface area contributed by atoms with Gasteiger partial charge < -0.3 is 5.73 Å². The molecule has 0 aliphatic heterocycles. The molecule has 9 heteroatoms. The highest BCUT2D eigenvalue weighted by Gasteiger charge is 2.19. The summed E-state index contributed by atoms with van der Waals surface area (Å²) in [6.07, 6.45) is 5.53. The van der Waals surface area contributed by atoms with Crippen molar-refractivity contribution in [2.24, 2.45) is 0 Å². The molecular formula is C28H21NO6S2. The van der Waals surface area contributed by atoms with Crippen LogP contribution in [0.1, 0.15) is 27.8 Å². The number of terminal acetylenes is 1. The van der Waals surface area contributed by atoms with Crippen LogP contribution in [0.15, 0.2) is 107 Å². The SMILES string of the molecule is C#Cc1ccc(/C(=C(\c2ccc(N)cc2)c2ccc(S(=O)(=O)O)cc2)c2ccc(S(=O)(=O)O)cc2)cc1. The zero-order valence-corrected chi connectivity index (χ0v) is 20.9. The van der Waals surface area contributed by atoms with Gasteiger partial charge in [-0.25, -0.2) is 0 Å². The average molecular weight is 532 g/mol. The Kier molecular flexibility index (Phi) is 7.03. The first-order valence-electron chi connectivity index (χ1n) is 10.8. The number of benzene rings is 4. The van der Waals surface area contributed by atoms with Crippen LogP contribution in [0.2, 0.25) is 0 Å². The molecular weight excluding hydrogens is 510 g/mol. The second kappa shape index (κ2) is 10.0. The summed E-state index contributed by atoms with van der Waals surface area (Å²) in [5.41, 5.74) is 11.2. The highest BCUT2D eigenvalue weighted by molar-refractivity contribution is 7.86. The summed E-state index contributed by atoms with van der Waals surface area (Å²) in [7, 11) is -8.80. The molecule has 0 amide bonds. The van der Waals surface area contributed by atoms with Crippen molar-refractivity contribution in [1.82, 2.24) is 0 Å². The van der Waals surface area contributed by atoms with Crippen molar-refractivity contribution in [2.45, 2.75) is 9.79 Å². The summed E-state index contributed by atoms with van der Waals surface area (Å²) in [4.78, 5) is -0.518. The Balaban J connectivity index is 2.08. The molecule has 0 saturated heterocycles. The van der Waals surface area contributed by atoms with Gasteiger partial charge in [0.2, 0.25) is 0 Å². The van der Waals surface area contributed by atoms with Crippen LogP contribution in [-0.4, -0.2) is 25.9 Å². The Morgan fingerprint density at radius 3 is 1.16 bits per heavy atom. The van der Waals surface area contributed by atoms with E-state index in [0.29, 0.717) is 33.5 Å². The number of hydrogen-bond acceptors (Lipinski definition) is 5. The molecule has 0 fully saturated rings. The molecule has 0 radical (unpaired) electrons. The molecule has 0 aromatic heterocycles. The van der Waals surface area contributed by atoms with Gasteiger partial charge in [-0.15, -0.1) is 6.42 Å². The minimum atomic E-state index is -4.40. The predicted molar refractivity (Wildman–Crippen MR) is 143 cm³/mol. The maximum atomic E-state index is 11.6. The molecule has 0 atom stereocenters. The highest BCUT2D eigenvalue weighted by Crippen LogP contribution is 2.37. The molecule has 0 aliphatic carbocycles. The summed E-state index contributed by atoms with van der Waals surface area (Å²) in [5, 5.41) is 0. The maximum absolute atomic E-state index is 11.6. The molecule has 0 saturated carbocycles. The van der Waals surface area contributed by atoms with Gasteiger partial charge in [0.05, 0.1) is 9.79 Å². The quantitative estimate of drug-likeness (QED) is 0.141. The van der Waals surface area contributed by atoms with Gasteiger partial charge in [-0.2, -0.15) is 16.8 Å². The molecule has 37 heavy (non-hydrogen) atoms. The van der Waals surface area contributed by atoms with Gasteiger partial charge >= 0.3 is 0 Å². The summed E-state index contributed by atoms with van der Waals surface area (Å²) < 4.78 is 65.3. The molecule has 4 aromatic rings. The topological polar surface area (TPSA) is 135 Å². The first-order valence-corrected chi connectivity index (χ1v) is 13.7. The van der Waals surface area contributed by atoms with Gasteiger partial charge in [-0.05, 0) is 81.9 Å². The van der Waals surface area contributed by atoms with Gasteiger partial charge in [-0.1, -0.05) is 54.5 Å². The lowest BCUT2D eigenvalue weighted by atomic mass is 9.85. The number of hydrogen-bond donors (Lipinski definition) is 3. The second-order valence-electron chi connectivity index (χ2n) is 8.09. The fourth-order valence-corrected chi connectivity index (χ4v) is 4.84. The Hall–Kier alpha value is -4.20. The van der Waals surface area contributed by atoms with E-state index in [1.807, 2.05) is 24.3 Å². The lowest BCUT2D eigenvalue weighted by molar-refractivity contribution is 0.481. The van der Waals surface area contributed by atoms with E-state index in [0.717, 1.165) is 11.1 Å². The predicted octanol–water partition coefficient (Wildman–Crippen LogP) is 4.75. The van der Waals surface area contributed by atoms with Crippen molar-refractivity contribution >= 4 is 37.1 Å². The third-order valence-corrected chi connectivity index (χ3v) is 7.41. The lowest BCUT2D eigenvalue weighted by Gasteiger charge is -2.19. The molecule has 0 bridgehead atoms. The zero-order valence-electron chi connectivity index (χ0n) is 19.2. The number of anilines is 1. The molecule has 0 heterocycles. The van der Waals surface area contributed by atoms with Crippen LogP contribution in [0, 0.1) is 12.3 Å². The van der Waals surface area contributed by atoms with Gasteiger partial charge in [0.15, 0.2) is 0 Å². The third kappa shape index (κ3) is 5.80. The Labute approximate surface area is 215 Å². The van der Waals surface area contributed by atoms with E-state index < -0.39 is 20.2 Å². The number of nitrogen functional groups attached to an aromatic ring is 1. The maximum Gasteiger partial charge on any atom is 0.294 e. The molecule has 4 aromatic carbocycles. The summed E-state index contributed by atoms with van der Waals surface area (Å²) in [5.74, 6) is 2.57. The molecule has 0 unspecified atom stereocenters. The molecule has 0 spiro atoms. The molecule has 0 aliphatic rings. The van der Waals surface area contributed by atoms with Crippen LogP contribution < -0.4 is 5.73 Å². The summed E-state index contributed by atoms with van der Waals surface area (Å²) in [6.45, 7) is 0. The first kappa shape index (κ1) is 25.9. The minimum Gasteiger partial charge on any atom is -0.399 e. The Morgan fingerprint density at radius 2 is 0.865 bits per heavy atom. The molecule has 4 rings (SSSR count). The lowest BCUT2D eigenvalue weighted by Crippen LogP contribution is -2.01. The Bertz CT molecular complexity index is 1730. The van der Waals surface area contributed by atoms with Crippen LogP contribution in [0.25, 0.3) is 11.1 Å². The number of rotatable bonds is 6. The van der Waals surface area contributed by atoms with Crippen LogP contribution >= 0.6 is 0 Å². The first-order chi connectivity index (χ1) is 17.5. The fraction of sp³-hybridized carbons (Fsp3) is 0. The molecule has 4 N–H and O–H groups in total. The van der Waals surface area contributed by atoms with Gasteiger partial charge in [-0.3, -0.25) is 9.11 Å². The monoisotopic (exact) mass is 531 g/mol. The van der Waals surface area contributed by atoms with Crippen molar-refractivity contribution in [1.29, 1.82) is 0 Å². The molecule has 186 valence electrons. The normalized spacial score (nSPS) is 12.5. The molecule has 7 nitrogen and oxygen atoms in total. The smallest absolute Gasteiger partial charge is 0.294 e. The van der Waals surface area contributed by atoms with E-state index in [-0.39, 0.29) is 9.79 Å². The summed E-state index contributed by atoms with van der Waals surface area (Å²) in [6, 6.07) is 25.7. The number of nitrogens with two attached hydrogens (primary N) is 1. The van der Waals surface area contributed by atoms with Crippen LogP contribution in [0.5, 0.6) is 0 Å². The van der Waals surface area contributed by atoms with Crippen molar-refractivity contribution in [3.63, 3.8) is 0 Å². The van der Waals surface area contributed by atoms with E-state index in [1.54, 1.807) is 48.5 Å². The Morgan fingerprint density at radius 1 is 0.568 bits per heavy atom. The standard InChI is InChI=1S/C28H21NO6S2/c1-2-19-3-5-20(6-4-19)27(22-9-15-25(16-10-22)36(30,31)32)28(21-7-13-24(29)14-8-21)23-11-17-26(18-12-23)37(33,34)35/h1,3-18H,29H2,(H,30,31,32)(H,33,34,35)/b28-27-. The van der Waals surface area contributed by atoms with Crippen molar-refractivity contribution < 1.29 is 25.9 Å². The van der Waals surface area contributed by atoms with Gasteiger partial charge in [0.25, 0.3) is 20.2 Å². The van der Waals surface area contributed by atoms with E-state index in [1.165, 1.54) is 24.3 Å². The fourth-order valence-electron chi connectivity index (χ4n) is 3.88. The van der Waals surface area contributed by atoms with E-state index in [4.69, 9.17) is 12.2 Å². The van der Waals surface area contributed by atoms with E-state index >= 15 is 0 Å². The van der Waals surface area contributed by atoms with E-state index in [2.05, 4.69) is 5.92 Å². The van der Waals surface area contributed by atoms with Gasteiger partial charge in [0.1, 0.15) is 0 Å². The third-order valence-electron chi connectivity index (χ3n) is 5.67. The highest BCUT2D eigenvalue weighted by atomic mass is 32.2. The van der Waals surface area contributed by atoms with Crippen LogP contribution in [0.4, 0.5) is 5.69 Å². The summed E-state index contributed by atoms with van der Waals surface area (Å²) >= 11 is 0. The average Bonchev–Trinajstić information content (AvgIpc) is 2.87. The minimum absolute atomic E-state index is 0.259. The van der Waals surface area contributed by atoms with Gasteiger partial charge in [0, 0.05) is 11.3 Å². The van der Waals surface area contributed by atoms with Crippen LogP contribution in [-0.2, 0) is 20.2 Å². The van der Waals surface area contributed by atoms with Crippen molar-refractivity contribution in [3.8, 4) is 12.3 Å². The van der Waals surface area contributed by atoms with Crippen LogP contribution in [0.3, 0.4) is 0 Å². The van der Waals surface area contributed by atoms with Crippen molar-refractivity contribution in [2.75, 3.05) is 5.73 Å². The zero-order chi connectivity index (χ0) is 26.8. The van der Waals surface area contributed by atoms with Crippen molar-refractivity contribution in [3.05, 3.63) is 125 Å².